The van der Waals surface area contributed by atoms with Crippen molar-refractivity contribution < 1.29 is 0 Å². The standard InChI is InChI=1S/C13H24N4/c1-3-4-11-15-12(17-16-11)13(9-14)7-5-10(2)6-8-13/h10H,3-9,14H2,1-2H3,(H,15,16,17). The smallest absolute Gasteiger partial charge is 0.158 e. The van der Waals surface area contributed by atoms with E-state index in [1.807, 2.05) is 0 Å². The summed E-state index contributed by atoms with van der Waals surface area (Å²) in [5, 5.41) is 7.47. The highest BCUT2D eigenvalue weighted by Crippen LogP contribution is 2.39. The lowest BCUT2D eigenvalue weighted by atomic mass is 9.70. The van der Waals surface area contributed by atoms with Crippen molar-refractivity contribution in [3.05, 3.63) is 11.6 Å². The minimum Gasteiger partial charge on any atom is -0.329 e. The first-order valence-corrected chi connectivity index (χ1v) is 6.82. The third kappa shape index (κ3) is 2.51. The largest absolute Gasteiger partial charge is 0.329 e. The molecule has 3 N–H and O–H groups in total. The van der Waals surface area contributed by atoms with Crippen LogP contribution in [0.3, 0.4) is 0 Å². The van der Waals surface area contributed by atoms with Gasteiger partial charge in [-0.1, -0.05) is 13.8 Å². The van der Waals surface area contributed by atoms with Gasteiger partial charge in [-0.3, -0.25) is 5.10 Å². The van der Waals surface area contributed by atoms with Crippen molar-refractivity contribution >= 4 is 0 Å². The van der Waals surface area contributed by atoms with Crippen LogP contribution in [-0.4, -0.2) is 21.7 Å². The molecule has 4 nitrogen and oxygen atoms in total. The Bertz CT molecular complexity index is 350. The van der Waals surface area contributed by atoms with Crippen molar-refractivity contribution in [3.63, 3.8) is 0 Å². The minimum absolute atomic E-state index is 0.0367. The summed E-state index contributed by atoms with van der Waals surface area (Å²) in [5.74, 6) is 2.79. The molecular weight excluding hydrogens is 212 g/mol. The molecule has 2 rings (SSSR count). The van der Waals surface area contributed by atoms with Gasteiger partial charge in [0.1, 0.15) is 5.82 Å². The Labute approximate surface area is 103 Å². The molecule has 0 bridgehead atoms. The first kappa shape index (κ1) is 12.6. The zero-order chi connectivity index (χ0) is 12.3. The SMILES string of the molecule is CCCc1nc(C2(CN)CCC(C)CC2)n[nH]1. The fourth-order valence-electron chi connectivity index (χ4n) is 2.71. The number of rotatable bonds is 4. The van der Waals surface area contributed by atoms with Crippen LogP contribution in [0.5, 0.6) is 0 Å². The van der Waals surface area contributed by atoms with Gasteiger partial charge in [-0.05, 0) is 38.0 Å². The Morgan fingerprint density at radius 3 is 2.71 bits per heavy atom. The van der Waals surface area contributed by atoms with Crippen LogP contribution in [0.25, 0.3) is 0 Å². The Morgan fingerprint density at radius 2 is 2.12 bits per heavy atom. The number of nitrogens with two attached hydrogens (primary N) is 1. The number of hydrogen-bond donors (Lipinski definition) is 2. The topological polar surface area (TPSA) is 67.6 Å². The summed E-state index contributed by atoms with van der Waals surface area (Å²) < 4.78 is 0. The lowest BCUT2D eigenvalue weighted by Crippen LogP contribution is -2.39. The Morgan fingerprint density at radius 1 is 1.41 bits per heavy atom. The lowest BCUT2D eigenvalue weighted by molar-refractivity contribution is 0.237. The fraction of sp³-hybridized carbons (Fsp3) is 0.846. The van der Waals surface area contributed by atoms with Gasteiger partial charge in [-0.25, -0.2) is 4.98 Å². The first-order valence-electron chi connectivity index (χ1n) is 6.82. The molecule has 1 aliphatic rings. The number of nitrogens with zero attached hydrogens (tertiary/aromatic N) is 2. The van der Waals surface area contributed by atoms with Crippen LogP contribution in [0.15, 0.2) is 0 Å². The van der Waals surface area contributed by atoms with Crippen LogP contribution in [-0.2, 0) is 11.8 Å². The maximum atomic E-state index is 6.01. The van der Waals surface area contributed by atoms with E-state index in [1.54, 1.807) is 0 Å². The van der Waals surface area contributed by atoms with Crippen LogP contribution in [0, 0.1) is 5.92 Å². The summed E-state index contributed by atoms with van der Waals surface area (Å²) in [6, 6.07) is 0. The summed E-state index contributed by atoms with van der Waals surface area (Å²) >= 11 is 0. The quantitative estimate of drug-likeness (QED) is 0.842. The van der Waals surface area contributed by atoms with E-state index in [1.165, 1.54) is 12.8 Å². The van der Waals surface area contributed by atoms with E-state index in [9.17, 15) is 0 Å². The number of hydrogen-bond acceptors (Lipinski definition) is 3. The molecule has 17 heavy (non-hydrogen) atoms. The van der Waals surface area contributed by atoms with Crippen molar-refractivity contribution in [2.75, 3.05) is 6.54 Å². The second kappa shape index (κ2) is 5.17. The van der Waals surface area contributed by atoms with Crippen molar-refractivity contribution in [2.45, 2.75) is 57.8 Å². The molecule has 1 heterocycles. The fourth-order valence-corrected chi connectivity index (χ4v) is 2.71. The molecule has 0 spiro atoms. The maximum absolute atomic E-state index is 6.01. The molecule has 0 amide bonds. The summed E-state index contributed by atoms with van der Waals surface area (Å²) in [7, 11) is 0. The highest BCUT2D eigenvalue weighted by molar-refractivity contribution is 5.11. The Hall–Kier alpha value is -0.900. The predicted molar refractivity (Wildman–Crippen MR) is 68.7 cm³/mol. The number of aromatic amines is 1. The van der Waals surface area contributed by atoms with Gasteiger partial charge in [0.25, 0.3) is 0 Å². The summed E-state index contributed by atoms with van der Waals surface area (Å²) in [6.45, 7) is 5.15. The maximum Gasteiger partial charge on any atom is 0.158 e. The normalized spacial score (nSPS) is 29.5. The van der Waals surface area contributed by atoms with E-state index in [0.717, 1.165) is 43.3 Å². The van der Waals surface area contributed by atoms with Crippen LogP contribution in [0.2, 0.25) is 0 Å². The molecule has 0 aromatic carbocycles. The molecule has 1 aromatic rings. The summed E-state index contributed by atoms with van der Waals surface area (Å²) in [5.41, 5.74) is 6.04. The van der Waals surface area contributed by atoms with E-state index in [-0.39, 0.29) is 5.41 Å². The molecule has 0 unspecified atom stereocenters. The monoisotopic (exact) mass is 236 g/mol. The first-order chi connectivity index (χ1) is 8.20. The van der Waals surface area contributed by atoms with Crippen LogP contribution < -0.4 is 5.73 Å². The van der Waals surface area contributed by atoms with Gasteiger partial charge in [0.05, 0.1) is 0 Å². The molecule has 96 valence electrons. The van der Waals surface area contributed by atoms with Crippen LogP contribution in [0.4, 0.5) is 0 Å². The lowest BCUT2D eigenvalue weighted by Gasteiger charge is -2.36. The van der Waals surface area contributed by atoms with Crippen LogP contribution >= 0.6 is 0 Å². The Kier molecular flexibility index (Phi) is 3.82. The molecule has 0 aliphatic heterocycles. The molecule has 1 saturated carbocycles. The Balaban J connectivity index is 2.16. The molecule has 4 heteroatoms. The predicted octanol–water partition coefficient (Wildman–Crippen LogP) is 2.16. The van der Waals surface area contributed by atoms with E-state index >= 15 is 0 Å². The third-order valence-electron chi connectivity index (χ3n) is 4.11. The van der Waals surface area contributed by atoms with Gasteiger partial charge < -0.3 is 5.73 Å². The number of aryl methyl sites for hydroxylation is 1. The second-order valence-corrected chi connectivity index (χ2v) is 5.52. The van der Waals surface area contributed by atoms with Crippen molar-refractivity contribution in [1.29, 1.82) is 0 Å². The van der Waals surface area contributed by atoms with E-state index in [0.29, 0.717) is 6.54 Å². The van der Waals surface area contributed by atoms with Crippen LogP contribution in [0.1, 0.15) is 57.6 Å². The molecule has 1 aliphatic carbocycles. The third-order valence-corrected chi connectivity index (χ3v) is 4.11. The van der Waals surface area contributed by atoms with E-state index in [4.69, 9.17) is 5.73 Å². The summed E-state index contributed by atoms with van der Waals surface area (Å²) in [6.07, 6.45) is 6.83. The average Bonchev–Trinajstić information content (AvgIpc) is 2.80. The number of nitrogens with one attached hydrogen (secondary N) is 1. The molecule has 0 saturated heterocycles. The van der Waals surface area contributed by atoms with Gasteiger partial charge >= 0.3 is 0 Å². The zero-order valence-electron chi connectivity index (χ0n) is 11.0. The van der Waals surface area contributed by atoms with Crippen molar-refractivity contribution in [1.82, 2.24) is 15.2 Å². The van der Waals surface area contributed by atoms with Crippen molar-refractivity contribution in [3.8, 4) is 0 Å². The molecular formula is C13H24N4. The zero-order valence-corrected chi connectivity index (χ0v) is 11.0. The second-order valence-electron chi connectivity index (χ2n) is 5.52. The molecule has 1 fully saturated rings. The summed E-state index contributed by atoms with van der Waals surface area (Å²) in [4.78, 5) is 4.65. The van der Waals surface area contributed by atoms with Crippen molar-refractivity contribution in [2.24, 2.45) is 11.7 Å². The van der Waals surface area contributed by atoms with Gasteiger partial charge in [0.15, 0.2) is 5.82 Å². The average molecular weight is 236 g/mol. The highest BCUT2D eigenvalue weighted by Gasteiger charge is 2.37. The molecule has 1 aromatic heterocycles. The number of aromatic nitrogens is 3. The van der Waals surface area contributed by atoms with E-state index in [2.05, 4.69) is 29.0 Å². The van der Waals surface area contributed by atoms with Gasteiger partial charge in [-0.2, -0.15) is 5.10 Å². The molecule has 0 radical (unpaired) electrons. The van der Waals surface area contributed by atoms with Gasteiger partial charge in [0, 0.05) is 18.4 Å². The van der Waals surface area contributed by atoms with Gasteiger partial charge in [0.2, 0.25) is 0 Å². The number of H-pyrrole nitrogens is 1. The highest BCUT2D eigenvalue weighted by atomic mass is 15.2. The minimum atomic E-state index is 0.0367. The molecule has 0 atom stereocenters. The van der Waals surface area contributed by atoms with E-state index < -0.39 is 0 Å². The van der Waals surface area contributed by atoms with Gasteiger partial charge in [-0.15, -0.1) is 0 Å².